The van der Waals surface area contributed by atoms with Crippen LogP contribution in [0.1, 0.15) is 40.9 Å². The van der Waals surface area contributed by atoms with Crippen LogP contribution in [0.4, 0.5) is 0 Å². The third-order valence-electron chi connectivity index (χ3n) is 5.82. The first-order valence-corrected chi connectivity index (χ1v) is 10.2. The molecule has 0 amide bonds. The summed E-state index contributed by atoms with van der Waals surface area (Å²) in [6, 6.07) is 24.4. The second kappa shape index (κ2) is 8.23. The van der Waals surface area contributed by atoms with Gasteiger partial charge < -0.3 is 9.47 Å². The molecule has 31 heavy (non-hydrogen) atoms. The summed E-state index contributed by atoms with van der Waals surface area (Å²) >= 11 is 0. The van der Waals surface area contributed by atoms with E-state index in [2.05, 4.69) is 62.0 Å². The Morgan fingerprint density at radius 2 is 1.32 bits per heavy atom. The maximum absolute atomic E-state index is 12.4. The summed E-state index contributed by atoms with van der Waals surface area (Å²) in [5, 5.41) is 0. The molecule has 4 rings (SSSR count). The van der Waals surface area contributed by atoms with E-state index in [1.807, 2.05) is 12.1 Å². The van der Waals surface area contributed by atoms with Crippen LogP contribution in [0.25, 0.3) is 11.1 Å². The summed E-state index contributed by atoms with van der Waals surface area (Å²) in [4.78, 5) is 23.7. The van der Waals surface area contributed by atoms with E-state index in [9.17, 15) is 9.59 Å². The summed E-state index contributed by atoms with van der Waals surface area (Å²) in [7, 11) is 0. The zero-order chi connectivity index (χ0) is 22.0. The van der Waals surface area contributed by atoms with Crippen LogP contribution in [-0.2, 0) is 19.7 Å². The summed E-state index contributed by atoms with van der Waals surface area (Å²) in [6.45, 7) is 7.30. The first-order chi connectivity index (χ1) is 14.9. The summed E-state index contributed by atoms with van der Waals surface area (Å²) in [6.07, 6.45) is 0. The predicted molar refractivity (Wildman–Crippen MR) is 120 cm³/mol. The van der Waals surface area contributed by atoms with Crippen molar-refractivity contribution in [3.05, 3.63) is 107 Å². The molecule has 0 atom stereocenters. The van der Waals surface area contributed by atoms with Crippen molar-refractivity contribution in [1.29, 1.82) is 0 Å². The van der Waals surface area contributed by atoms with Gasteiger partial charge in [0.25, 0.3) is 0 Å². The summed E-state index contributed by atoms with van der Waals surface area (Å²) < 4.78 is 10.2. The minimum absolute atomic E-state index is 0.00115. The largest absolute Gasteiger partial charge is 0.459 e. The zero-order valence-corrected chi connectivity index (χ0v) is 17.7. The van der Waals surface area contributed by atoms with E-state index >= 15 is 0 Å². The van der Waals surface area contributed by atoms with Crippen LogP contribution in [0.2, 0.25) is 0 Å². The van der Waals surface area contributed by atoms with Crippen LogP contribution in [-0.4, -0.2) is 25.2 Å². The Balaban J connectivity index is 1.53. The molecule has 1 aliphatic carbocycles. The van der Waals surface area contributed by atoms with E-state index in [1.54, 1.807) is 19.1 Å². The Hall–Kier alpha value is -3.66. The normalized spacial score (nSPS) is 13.1. The fourth-order valence-electron chi connectivity index (χ4n) is 4.18. The monoisotopic (exact) mass is 412 g/mol. The van der Waals surface area contributed by atoms with E-state index < -0.39 is 11.9 Å². The molecule has 1 aliphatic rings. The number of carbonyl (C=O) groups excluding carboxylic acids is 2. The summed E-state index contributed by atoms with van der Waals surface area (Å²) in [5.74, 6) is -0.943. The predicted octanol–water partition coefficient (Wildman–Crippen LogP) is 5.30. The molecule has 4 heteroatoms. The average molecular weight is 412 g/mol. The Kier molecular flexibility index (Phi) is 5.47. The Morgan fingerprint density at radius 3 is 1.87 bits per heavy atom. The number of ether oxygens (including phenoxy) is 2. The van der Waals surface area contributed by atoms with Crippen molar-refractivity contribution in [3.8, 4) is 11.1 Å². The molecule has 0 saturated heterocycles. The number of esters is 2. The lowest BCUT2D eigenvalue weighted by Gasteiger charge is -2.28. The number of hydrogen-bond donors (Lipinski definition) is 0. The highest BCUT2D eigenvalue weighted by Gasteiger charge is 2.40. The van der Waals surface area contributed by atoms with Crippen LogP contribution >= 0.6 is 0 Å². The molecule has 0 heterocycles. The molecule has 0 bridgehead atoms. The third-order valence-corrected chi connectivity index (χ3v) is 5.82. The Labute approximate surface area is 182 Å². The number of carbonyl (C=O) groups is 2. The van der Waals surface area contributed by atoms with E-state index in [4.69, 9.17) is 9.47 Å². The number of fused-ring (bicyclic) bond motifs is 3. The van der Waals surface area contributed by atoms with E-state index in [0.29, 0.717) is 11.1 Å². The molecule has 0 N–H and O–H groups in total. The van der Waals surface area contributed by atoms with Crippen molar-refractivity contribution >= 4 is 11.9 Å². The van der Waals surface area contributed by atoms with Crippen molar-refractivity contribution < 1.29 is 19.1 Å². The number of rotatable bonds is 6. The van der Waals surface area contributed by atoms with E-state index in [0.717, 1.165) is 5.56 Å². The number of benzene rings is 3. The first kappa shape index (κ1) is 20.6. The lowest BCUT2D eigenvalue weighted by molar-refractivity contribution is -0.140. The molecule has 3 aromatic rings. The van der Waals surface area contributed by atoms with Crippen molar-refractivity contribution in [1.82, 2.24) is 0 Å². The fraction of sp³-hybridized carbons (Fsp3) is 0.185. The molecule has 0 fully saturated rings. The van der Waals surface area contributed by atoms with Gasteiger partial charge in [-0.15, -0.1) is 0 Å². The molecule has 3 aromatic carbocycles. The first-order valence-electron chi connectivity index (χ1n) is 10.2. The number of hydrogen-bond acceptors (Lipinski definition) is 4. The maximum Gasteiger partial charge on any atom is 0.338 e. The molecule has 0 spiro atoms. The summed E-state index contributed by atoms with van der Waals surface area (Å²) in [5.41, 5.74) is 6.57. The molecule has 4 nitrogen and oxygen atoms in total. The van der Waals surface area contributed by atoms with Gasteiger partial charge in [-0.25, -0.2) is 9.59 Å². The molecule has 0 aliphatic heterocycles. The minimum atomic E-state index is -0.495. The fourth-order valence-corrected chi connectivity index (χ4v) is 4.18. The highest BCUT2D eigenvalue weighted by Crippen LogP contribution is 2.51. The third kappa shape index (κ3) is 3.66. The molecule has 156 valence electrons. The maximum atomic E-state index is 12.4. The zero-order valence-electron chi connectivity index (χ0n) is 17.7. The standard InChI is InChI=1S/C27H24O4/c1-18(2)25(28)30-16-17-31-26(29)19-12-14-20(15-13-19)27(3)23-10-6-4-8-21(23)22-9-5-7-11-24(22)27/h4-15H,1,16-17H2,2-3H3. The van der Waals surface area contributed by atoms with Crippen LogP contribution < -0.4 is 0 Å². The molecule has 0 aromatic heterocycles. The molecule has 0 radical (unpaired) electrons. The van der Waals surface area contributed by atoms with Gasteiger partial charge in [0.15, 0.2) is 0 Å². The van der Waals surface area contributed by atoms with Crippen molar-refractivity contribution in [3.63, 3.8) is 0 Å². The van der Waals surface area contributed by atoms with Crippen LogP contribution in [0.15, 0.2) is 84.9 Å². The average Bonchev–Trinajstić information content (AvgIpc) is 3.06. The minimum Gasteiger partial charge on any atom is -0.459 e. The van der Waals surface area contributed by atoms with Crippen LogP contribution in [0.5, 0.6) is 0 Å². The lowest BCUT2D eigenvalue weighted by Crippen LogP contribution is -2.22. The van der Waals surface area contributed by atoms with Gasteiger partial charge in [-0.05, 0) is 53.8 Å². The van der Waals surface area contributed by atoms with E-state index in [1.165, 1.54) is 22.3 Å². The molecular weight excluding hydrogens is 388 g/mol. The SMILES string of the molecule is C=C(C)C(=O)OCCOC(=O)c1ccc(C2(C)c3ccccc3-c3ccccc32)cc1. The lowest BCUT2D eigenvalue weighted by atomic mass is 9.74. The van der Waals surface area contributed by atoms with Crippen molar-refractivity contribution in [2.45, 2.75) is 19.3 Å². The second-order valence-electron chi connectivity index (χ2n) is 7.85. The van der Waals surface area contributed by atoms with Gasteiger partial charge in [0.1, 0.15) is 13.2 Å². The van der Waals surface area contributed by atoms with Crippen LogP contribution in [0.3, 0.4) is 0 Å². The highest BCUT2D eigenvalue weighted by molar-refractivity contribution is 5.90. The van der Waals surface area contributed by atoms with Crippen molar-refractivity contribution in [2.75, 3.05) is 13.2 Å². The van der Waals surface area contributed by atoms with E-state index in [-0.39, 0.29) is 18.6 Å². The molecule has 0 unspecified atom stereocenters. The van der Waals surface area contributed by atoms with Gasteiger partial charge in [-0.2, -0.15) is 0 Å². The van der Waals surface area contributed by atoms with Gasteiger partial charge in [0.05, 0.1) is 5.56 Å². The van der Waals surface area contributed by atoms with Gasteiger partial charge in [-0.3, -0.25) is 0 Å². The van der Waals surface area contributed by atoms with Gasteiger partial charge >= 0.3 is 11.9 Å². The highest BCUT2D eigenvalue weighted by atomic mass is 16.6. The Bertz CT molecular complexity index is 1110. The Morgan fingerprint density at radius 1 is 0.806 bits per heavy atom. The van der Waals surface area contributed by atoms with Gasteiger partial charge in [-0.1, -0.05) is 67.2 Å². The smallest absolute Gasteiger partial charge is 0.338 e. The quantitative estimate of drug-likeness (QED) is 0.313. The van der Waals surface area contributed by atoms with Crippen LogP contribution in [0, 0.1) is 0 Å². The topological polar surface area (TPSA) is 52.6 Å². The molecular formula is C27H24O4. The van der Waals surface area contributed by atoms with Gasteiger partial charge in [0, 0.05) is 11.0 Å². The van der Waals surface area contributed by atoms with Gasteiger partial charge in [0.2, 0.25) is 0 Å². The second-order valence-corrected chi connectivity index (χ2v) is 7.85. The van der Waals surface area contributed by atoms with Crippen molar-refractivity contribution in [2.24, 2.45) is 0 Å². The molecule has 0 saturated carbocycles.